The second-order valence-electron chi connectivity index (χ2n) is 7.78. The van der Waals surface area contributed by atoms with Crippen molar-refractivity contribution in [2.45, 2.75) is 37.4 Å². The molecule has 5 atom stereocenters. The van der Waals surface area contributed by atoms with Crippen molar-refractivity contribution in [3.8, 4) is 16.4 Å². The van der Waals surface area contributed by atoms with Crippen molar-refractivity contribution in [1.29, 1.82) is 0 Å². The van der Waals surface area contributed by atoms with Crippen LogP contribution in [0.2, 0.25) is 10.0 Å². The van der Waals surface area contributed by atoms with E-state index in [9.17, 15) is 15.3 Å². The minimum absolute atomic E-state index is 0.211. The second-order valence-corrected chi connectivity index (χ2v) is 9.48. The number of aromatic nitrogens is 7. The third-order valence-electron chi connectivity index (χ3n) is 5.54. The van der Waals surface area contributed by atoms with E-state index in [-0.39, 0.29) is 5.82 Å². The van der Waals surface area contributed by atoms with Gasteiger partial charge in [0.05, 0.1) is 23.5 Å². The van der Waals surface area contributed by atoms with E-state index in [1.807, 2.05) is 12.3 Å². The van der Waals surface area contributed by atoms with Crippen LogP contribution in [0.5, 0.6) is 0 Å². The number of thiazole rings is 1. The largest absolute Gasteiger partial charge is 0.394 e. The lowest BCUT2D eigenvalue weighted by Gasteiger charge is -2.41. The van der Waals surface area contributed by atoms with E-state index in [1.54, 1.807) is 24.4 Å². The molecule has 1 aromatic carbocycles. The summed E-state index contributed by atoms with van der Waals surface area (Å²) in [5.41, 5.74) is 1.82. The van der Waals surface area contributed by atoms with Gasteiger partial charge in [-0.15, -0.1) is 26.6 Å². The highest BCUT2D eigenvalue weighted by atomic mass is 35.5. The number of aliphatic hydroxyl groups excluding tert-OH is 3. The maximum Gasteiger partial charge on any atom is 0.169 e. The smallest absolute Gasteiger partial charge is 0.169 e. The van der Waals surface area contributed by atoms with Crippen molar-refractivity contribution in [2.24, 2.45) is 0 Å². The van der Waals surface area contributed by atoms with E-state index in [4.69, 9.17) is 27.9 Å². The molecule has 2 unspecified atom stereocenters. The minimum Gasteiger partial charge on any atom is -0.394 e. The van der Waals surface area contributed by atoms with Gasteiger partial charge >= 0.3 is 0 Å². The molecule has 5 rings (SSSR count). The Kier molecular flexibility index (Phi) is 6.37. The molecule has 0 spiro atoms. The van der Waals surface area contributed by atoms with Crippen LogP contribution in [-0.4, -0.2) is 75.0 Å². The molecular weight excluding hydrogens is 505 g/mol. The molecule has 3 N–H and O–H groups in total. The van der Waals surface area contributed by atoms with Crippen molar-refractivity contribution in [3.05, 3.63) is 57.7 Å². The quantitative estimate of drug-likeness (QED) is 0.357. The van der Waals surface area contributed by atoms with Crippen LogP contribution in [0.3, 0.4) is 0 Å². The van der Waals surface area contributed by atoms with Crippen LogP contribution in [0.25, 0.3) is 16.4 Å². The Balaban J connectivity index is 1.53. The lowest BCUT2D eigenvalue weighted by atomic mass is 9.92. The van der Waals surface area contributed by atoms with Crippen LogP contribution in [0.4, 0.5) is 0 Å². The summed E-state index contributed by atoms with van der Waals surface area (Å²) in [6.45, 7) is 1.37. The van der Waals surface area contributed by atoms with Gasteiger partial charge < -0.3 is 20.1 Å². The fourth-order valence-electron chi connectivity index (χ4n) is 3.91. The molecule has 0 radical (unpaired) electrons. The van der Waals surface area contributed by atoms with E-state index in [2.05, 4.69) is 25.5 Å². The maximum absolute atomic E-state index is 11.3. The number of hydrogen-bond donors (Lipinski definition) is 3. The van der Waals surface area contributed by atoms with Crippen molar-refractivity contribution >= 4 is 34.5 Å². The average Bonchev–Trinajstić information content (AvgIpc) is 3.57. The third-order valence-corrected chi connectivity index (χ3v) is 7.08. The zero-order chi connectivity index (χ0) is 24.0. The molecule has 4 aromatic rings. The molecule has 0 amide bonds. The number of ether oxygens (including phenoxy) is 1. The second kappa shape index (κ2) is 9.30. The summed E-state index contributed by atoms with van der Waals surface area (Å²) in [5, 5.41) is 51.8. The number of hydrogen-bond acceptors (Lipinski definition) is 10. The van der Waals surface area contributed by atoms with Crippen LogP contribution in [-0.2, 0) is 4.74 Å². The van der Waals surface area contributed by atoms with Gasteiger partial charge in [0, 0.05) is 16.1 Å². The molecule has 3 aromatic heterocycles. The normalized spacial score (nSPS) is 25.1. The predicted molar refractivity (Wildman–Crippen MR) is 123 cm³/mol. The molecule has 4 heterocycles. The maximum atomic E-state index is 11.3. The third kappa shape index (κ3) is 4.11. The summed E-state index contributed by atoms with van der Waals surface area (Å²) >= 11 is 13.9. The fourth-order valence-corrected chi connectivity index (χ4v) is 5.03. The lowest BCUT2D eigenvalue weighted by molar-refractivity contribution is -0.210. The van der Waals surface area contributed by atoms with Crippen LogP contribution in [0.15, 0.2) is 36.1 Å². The van der Waals surface area contributed by atoms with Gasteiger partial charge in [-0.05, 0) is 25.1 Å². The summed E-state index contributed by atoms with van der Waals surface area (Å²) in [6.07, 6.45) is -1.73. The van der Waals surface area contributed by atoms with Crippen molar-refractivity contribution in [2.75, 3.05) is 6.61 Å². The standard InChI is InChI=1S/C20H19Cl2N7O4S/c1-9-7-34-20(24-9)12-5-29(27-25-12)15-16(31)14(6-30)33-18(17(15)32)19-26-23-8-28(19)13-4-10(21)2-3-11(13)22/h2-5,7-8,14-18,30-32H,6H2,1H3/t14?,15-,16-,17?,18+/m0/s1. The van der Waals surface area contributed by atoms with Gasteiger partial charge in [0.2, 0.25) is 0 Å². The zero-order valence-corrected chi connectivity index (χ0v) is 19.9. The lowest BCUT2D eigenvalue weighted by Crippen LogP contribution is -2.53. The Labute approximate surface area is 207 Å². The molecule has 0 saturated carbocycles. The summed E-state index contributed by atoms with van der Waals surface area (Å²) < 4.78 is 8.75. The Morgan fingerprint density at radius 1 is 1.18 bits per heavy atom. The molecule has 1 saturated heterocycles. The molecule has 0 aliphatic carbocycles. The first kappa shape index (κ1) is 23.3. The molecular formula is C20H19Cl2N7O4S. The zero-order valence-electron chi connectivity index (χ0n) is 17.6. The Morgan fingerprint density at radius 3 is 2.74 bits per heavy atom. The Bertz CT molecular complexity index is 1310. The van der Waals surface area contributed by atoms with Gasteiger partial charge in [0.1, 0.15) is 47.5 Å². The molecule has 1 aliphatic heterocycles. The molecule has 14 heteroatoms. The first-order valence-electron chi connectivity index (χ1n) is 10.2. The van der Waals surface area contributed by atoms with E-state index in [1.165, 1.54) is 26.9 Å². The highest BCUT2D eigenvalue weighted by Crippen LogP contribution is 2.39. The van der Waals surface area contributed by atoms with Gasteiger partial charge in [0.25, 0.3) is 0 Å². The number of benzene rings is 1. The van der Waals surface area contributed by atoms with Gasteiger partial charge in [-0.2, -0.15) is 0 Å². The summed E-state index contributed by atoms with van der Waals surface area (Å²) in [4.78, 5) is 4.39. The number of aliphatic hydroxyl groups is 3. The van der Waals surface area contributed by atoms with Gasteiger partial charge in [-0.3, -0.25) is 4.57 Å². The van der Waals surface area contributed by atoms with E-state index in [0.29, 0.717) is 26.4 Å². The average molecular weight is 524 g/mol. The van der Waals surface area contributed by atoms with Gasteiger partial charge in [0.15, 0.2) is 5.82 Å². The van der Waals surface area contributed by atoms with Crippen LogP contribution in [0.1, 0.15) is 23.7 Å². The molecule has 1 aliphatic rings. The van der Waals surface area contributed by atoms with Gasteiger partial charge in [-0.1, -0.05) is 28.4 Å². The van der Waals surface area contributed by atoms with E-state index < -0.39 is 37.1 Å². The first-order chi connectivity index (χ1) is 16.4. The van der Waals surface area contributed by atoms with Crippen LogP contribution >= 0.6 is 34.5 Å². The summed E-state index contributed by atoms with van der Waals surface area (Å²) in [5.74, 6) is 0.211. The summed E-state index contributed by atoms with van der Waals surface area (Å²) in [6, 6.07) is 3.89. The molecule has 178 valence electrons. The number of aryl methyl sites for hydroxylation is 1. The molecule has 0 bridgehead atoms. The van der Waals surface area contributed by atoms with Crippen molar-refractivity contribution < 1.29 is 20.1 Å². The number of halogens is 2. The molecule has 1 fully saturated rings. The summed E-state index contributed by atoms with van der Waals surface area (Å²) in [7, 11) is 0. The predicted octanol–water partition coefficient (Wildman–Crippen LogP) is 1.99. The van der Waals surface area contributed by atoms with Crippen molar-refractivity contribution in [3.63, 3.8) is 0 Å². The fraction of sp³-hybridized carbons (Fsp3) is 0.350. The monoisotopic (exact) mass is 523 g/mol. The van der Waals surface area contributed by atoms with Crippen LogP contribution < -0.4 is 0 Å². The minimum atomic E-state index is -1.33. The van der Waals surface area contributed by atoms with Crippen molar-refractivity contribution in [1.82, 2.24) is 34.7 Å². The number of nitrogens with zero attached hydrogens (tertiary/aromatic N) is 7. The molecule has 34 heavy (non-hydrogen) atoms. The topological polar surface area (TPSA) is 144 Å². The highest BCUT2D eigenvalue weighted by molar-refractivity contribution is 7.13. The molecule has 11 nitrogen and oxygen atoms in total. The first-order valence-corrected chi connectivity index (χ1v) is 11.8. The van der Waals surface area contributed by atoms with E-state index in [0.717, 1.165) is 5.69 Å². The van der Waals surface area contributed by atoms with Crippen LogP contribution in [0, 0.1) is 6.92 Å². The Morgan fingerprint density at radius 2 is 2.00 bits per heavy atom. The SMILES string of the molecule is Cc1csc(-c2cn([C@@H]3C(O)[C@H](c4nncn4-c4cc(Cl)ccc4Cl)OC(CO)[C@@H]3O)nn2)n1. The van der Waals surface area contributed by atoms with Gasteiger partial charge in [-0.25, -0.2) is 9.67 Å². The Hall–Kier alpha value is -2.45. The highest BCUT2D eigenvalue weighted by Gasteiger charge is 2.48. The van der Waals surface area contributed by atoms with E-state index >= 15 is 0 Å². The number of rotatable bonds is 5.